The second-order valence-electron chi connectivity index (χ2n) is 10.7. The Bertz CT molecular complexity index is 1400. The van der Waals surface area contributed by atoms with Gasteiger partial charge in [0.15, 0.2) is 0 Å². The van der Waals surface area contributed by atoms with Crippen LogP contribution in [0, 0.1) is 27.7 Å². The lowest BCUT2D eigenvalue weighted by molar-refractivity contribution is 1.21. The molecule has 0 unspecified atom stereocenters. The van der Waals surface area contributed by atoms with Crippen LogP contribution >= 0.6 is 15.8 Å². The van der Waals surface area contributed by atoms with E-state index < -0.39 is 15.8 Å². The van der Waals surface area contributed by atoms with E-state index in [0.717, 1.165) is 12.3 Å². The average Bonchev–Trinajstić information content (AvgIpc) is 3.05. The third kappa shape index (κ3) is 7.07. The van der Waals surface area contributed by atoms with Gasteiger partial charge in [0.05, 0.1) is 0 Å². The molecule has 0 spiro atoms. The van der Waals surface area contributed by atoms with E-state index in [1.165, 1.54) is 54.6 Å². The fourth-order valence-corrected chi connectivity index (χ4v) is 9.77. The molecule has 0 heterocycles. The summed E-state index contributed by atoms with van der Waals surface area (Å²) in [5.41, 5.74) is 8.26. The molecule has 5 aromatic rings. The summed E-state index contributed by atoms with van der Waals surface area (Å²) < 4.78 is 0. The summed E-state index contributed by atoms with van der Waals surface area (Å²) in [4.78, 5) is 0. The van der Waals surface area contributed by atoms with Crippen LogP contribution in [0.4, 0.5) is 0 Å². The van der Waals surface area contributed by atoms with E-state index in [0.29, 0.717) is 0 Å². The Balaban J connectivity index is 1.39. The molecule has 42 heavy (non-hydrogen) atoms. The summed E-state index contributed by atoms with van der Waals surface area (Å²) in [5, 5.41) is 5.71. The van der Waals surface area contributed by atoms with Gasteiger partial charge in [-0.15, -0.1) is 0 Å². The van der Waals surface area contributed by atoms with E-state index in [1.807, 2.05) is 0 Å². The highest BCUT2D eigenvalue weighted by Crippen LogP contribution is 2.36. The molecule has 0 fully saturated rings. The Morgan fingerprint density at radius 1 is 0.381 bits per heavy atom. The lowest BCUT2D eigenvalue weighted by Crippen LogP contribution is -2.13. The molecule has 210 valence electrons. The predicted molar refractivity (Wildman–Crippen MR) is 191 cm³/mol. The molecule has 0 saturated carbocycles. The van der Waals surface area contributed by atoms with Crippen molar-refractivity contribution in [2.75, 3.05) is 12.3 Å². The van der Waals surface area contributed by atoms with Crippen LogP contribution in [0.5, 0.6) is 0 Å². The molecule has 0 radical (unpaired) electrons. The predicted octanol–water partition coefficient (Wildman–Crippen LogP) is 9.21. The van der Waals surface area contributed by atoms with E-state index in [2.05, 4.69) is 173 Å². The Morgan fingerprint density at radius 3 is 0.857 bits per heavy atom. The molecule has 5 aromatic carbocycles. The van der Waals surface area contributed by atoms with E-state index >= 15 is 0 Å². The molecule has 0 atom stereocenters. The fourth-order valence-electron chi connectivity index (χ4n) is 5.57. The van der Waals surface area contributed by atoms with Crippen molar-refractivity contribution in [1.29, 1.82) is 0 Å². The van der Waals surface area contributed by atoms with Crippen LogP contribution in [0.15, 0.2) is 133 Å². The van der Waals surface area contributed by atoms with Crippen LogP contribution in [0.3, 0.4) is 0 Å². The molecule has 0 aliphatic rings. The number of hydrogen-bond acceptors (Lipinski definition) is 0. The summed E-state index contributed by atoms with van der Waals surface area (Å²) >= 11 is 0. The monoisotopic (exact) mass is 582 g/mol. The molecule has 2 heteroatoms. The first-order valence-corrected chi connectivity index (χ1v) is 17.8. The average molecular weight is 583 g/mol. The molecule has 5 rings (SSSR count). The maximum absolute atomic E-state index is 2.41. The standard InChI is InChI=1S/C40H40P2/c1-31-32(2)40(28-18-30-42(37-23-13-7-14-24-37)38-25-15-8-16-26-38)34(4)33(3)39(31)27-17-29-41(35-19-9-5-10-20-35)36-21-11-6-12-22-36/h5-28H,29-30H2,1-4H3/b27-17+,28-18+. The van der Waals surface area contributed by atoms with Crippen molar-refractivity contribution < 1.29 is 0 Å². The number of benzene rings is 5. The zero-order valence-electron chi connectivity index (χ0n) is 25.2. The Labute approximate surface area is 255 Å². The zero-order chi connectivity index (χ0) is 29.3. The normalized spacial score (nSPS) is 11.8. The van der Waals surface area contributed by atoms with Gasteiger partial charge in [-0.1, -0.05) is 146 Å². The highest BCUT2D eigenvalue weighted by molar-refractivity contribution is 7.73. The zero-order valence-corrected chi connectivity index (χ0v) is 27.0. The van der Waals surface area contributed by atoms with Crippen molar-refractivity contribution >= 4 is 49.2 Å². The molecule has 0 N–H and O–H groups in total. The second kappa shape index (κ2) is 14.6. The molecule has 0 aromatic heterocycles. The minimum atomic E-state index is -0.437. The van der Waals surface area contributed by atoms with Gasteiger partial charge in [0.1, 0.15) is 0 Å². The summed E-state index contributed by atoms with van der Waals surface area (Å²) in [6.45, 7) is 9.15. The van der Waals surface area contributed by atoms with Crippen molar-refractivity contribution in [2.24, 2.45) is 0 Å². The molecule has 0 saturated heterocycles. The van der Waals surface area contributed by atoms with Gasteiger partial charge < -0.3 is 0 Å². The largest absolute Gasteiger partial charge is 0.0790 e. The highest BCUT2D eigenvalue weighted by Gasteiger charge is 2.15. The summed E-state index contributed by atoms with van der Waals surface area (Å²) in [6.07, 6.45) is 11.6. The topological polar surface area (TPSA) is 0 Å². The van der Waals surface area contributed by atoms with E-state index in [1.54, 1.807) is 0 Å². The molecular formula is C40H40P2. The molecule has 0 amide bonds. The minimum absolute atomic E-state index is 0.437. The Morgan fingerprint density at radius 2 is 0.619 bits per heavy atom. The van der Waals surface area contributed by atoms with Gasteiger partial charge >= 0.3 is 0 Å². The van der Waals surface area contributed by atoms with Crippen molar-refractivity contribution in [3.63, 3.8) is 0 Å². The first-order valence-electron chi connectivity index (χ1n) is 14.7. The Hall–Kier alpha value is -3.56. The van der Waals surface area contributed by atoms with Crippen LogP contribution < -0.4 is 21.2 Å². The van der Waals surface area contributed by atoms with Crippen LogP contribution in [-0.4, -0.2) is 12.3 Å². The minimum Gasteiger partial charge on any atom is -0.0790 e. The number of allylic oxidation sites excluding steroid dienone is 2. The summed E-state index contributed by atoms with van der Waals surface area (Å²) in [6, 6.07) is 43.9. The first-order chi connectivity index (χ1) is 20.5. The smallest absolute Gasteiger partial charge is 0.00609 e. The first kappa shape index (κ1) is 29.9. The third-order valence-electron chi connectivity index (χ3n) is 8.16. The van der Waals surface area contributed by atoms with Crippen LogP contribution in [-0.2, 0) is 0 Å². The van der Waals surface area contributed by atoms with E-state index in [4.69, 9.17) is 0 Å². The van der Waals surface area contributed by atoms with E-state index in [-0.39, 0.29) is 0 Å². The Kier molecular flexibility index (Phi) is 10.4. The van der Waals surface area contributed by atoms with Gasteiger partial charge in [0.25, 0.3) is 0 Å². The van der Waals surface area contributed by atoms with Gasteiger partial charge in [-0.3, -0.25) is 0 Å². The van der Waals surface area contributed by atoms with Gasteiger partial charge in [0, 0.05) is 0 Å². The molecule has 0 bridgehead atoms. The van der Waals surface area contributed by atoms with Gasteiger partial charge in [-0.25, -0.2) is 0 Å². The maximum Gasteiger partial charge on any atom is -0.00609 e. The summed E-state index contributed by atoms with van der Waals surface area (Å²) in [7, 11) is -0.874. The lowest BCUT2D eigenvalue weighted by atomic mass is 9.88. The quantitative estimate of drug-likeness (QED) is 0.144. The molecule has 0 aliphatic heterocycles. The summed E-state index contributed by atoms with van der Waals surface area (Å²) in [5.74, 6) is 0. The molecule has 0 nitrogen and oxygen atoms in total. The highest BCUT2D eigenvalue weighted by atomic mass is 31.1. The fraction of sp³-hybridized carbons (Fsp3) is 0.150. The molecular weight excluding hydrogens is 542 g/mol. The van der Waals surface area contributed by atoms with Crippen molar-refractivity contribution in [3.05, 3.63) is 167 Å². The van der Waals surface area contributed by atoms with Crippen molar-refractivity contribution in [2.45, 2.75) is 27.7 Å². The van der Waals surface area contributed by atoms with Crippen LogP contribution in [0.2, 0.25) is 0 Å². The third-order valence-corrected chi connectivity index (χ3v) is 13.0. The molecule has 0 aliphatic carbocycles. The number of rotatable bonds is 10. The second-order valence-corrected chi connectivity index (χ2v) is 15.2. The van der Waals surface area contributed by atoms with Crippen LogP contribution in [0.1, 0.15) is 33.4 Å². The van der Waals surface area contributed by atoms with Gasteiger partial charge in [0.2, 0.25) is 0 Å². The van der Waals surface area contributed by atoms with Crippen molar-refractivity contribution in [1.82, 2.24) is 0 Å². The van der Waals surface area contributed by atoms with Gasteiger partial charge in [-0.05, 0) is 110 Å². The van der Waals surface area contributed by atoms with E-state index in [9.17, 15) is 0 Å². The van der Waals surface area contributed by atoms with Crippen molar-refractivity contribution in [3.8, 4) is 0 Å². The van der Waals surface area contributed by atoms with Gasteiger partial charge in [-0.2, -0.15) is 0 Å². The SMILES string of the molecule is Cc1c(C)c(/C=C/CP(c2ccccc2)c2ccccc2)c(C)c(C)c1/C=C/CP(c1ccccc1)c1ccccc1. The lowest BCUT2D eigenvalue weighted by Gasteiger charge is -2.19. The van der Waals surface area contributed by atoms with Crippen LogP contribution in [0.25, 0.3) is 12.2 Å². The maximum atomic E-state index is 2.41. The number of hydrogen-bond donors (Lipinski definition) is 0.